The first-order valence-electron chi connectivity index (χ1n) is 0. The van der Waals surface area contributed by atoms with E-state index in [0.29, 0.717) is 0 Å². The topological polar surface area (TPSA) is 117 Å². The summed E-state index contributed by atoms with van der Waals surface area (Å²) < 4.78 is 0. The zero-order valence-corrected chi connectivity index (χ0v) is 4.13. The van der Waals surface area contributed by atoms with Crippen molar-refractivity contribution in [3.05, 3.63) is 0 Å². The molecule has 2 N–H and O–H groups in total. The molecule has 38 valence electrons. The SMILES string of the molecule is [Mo].[O-2].[O-2].[OH-].[OH-]. The zero-order valence-electron chi connectivity index (χ0n) is 2.12. The van der Waals surface area contributed by atoms with Crippen LogP contribution < -0.4 is 0 Å². The van der Waals surface area contributed by atoms with Crippen LogP contribution in [-0.2, 0) is 32.0 Å². The summed E-state index contributed by atoms with van der Waals surface area (Å²) in [5.74, 6) is 0. The molecular formula is H2MoO4-6. The number of rotatable bonds is 0. The van der Waals surface area contributed by atoms with Crippen LogP contribution in [0.1, 0.15) is 0 Å². The van der Waals surface area contributed by atoms with Gasteiger partial charge in [-0.05, 0) is 0 Å². The molecule has 0 amide bonds. The Morgan fingerprint density at radius 1 is 0.600 bits per heavy atom. The second-order valence-corrected chi connectivity index (χ2v) is 0. The van der Waals surface area contributed by atoms with E-state index in [1.807, 2.05) is 0 Å². The van der Waals surface area contributed by atoms with Gasteiger partial charge in [0, 0.05) is 21.1 Å². The fourth-order valence-corrected chi connectivity index (χ4v) is 0. The summed E-state index contributed by atoms with van der Waals surface area (Å²) >= 11 is 0. The fourth-order valence-electron chi connectivity index (χ4n) is 0. The van der Waals surface area contributed by atoms with E-state index in [4.69, 9.17) is 0 Å². The Hall–Kier alpha value is 0.528. The van der Waals surface area contributed by atoms with Crippen LogP contribution in [0.3, 0.4) is 0 Å². The van der Waals surface area contributed by atoms with Crippen LogP contribution in [0, 0.1) is 0 Å². The van der Waals surface area contributed by atoms with Crippen molar-refractivity contribution in [3.8, 4) is 0 Å². The van der Waals surface area contributed by atoms with E-state index in [9.17, 15) is 0 Å². The molecule has 0 saturated carbocycles. The molecule has 0 aliphatic carbocycles. The van der Waals surface area contributed by atoms with E-state index in [-0.39, 0.29) is 43.0 Å². The van der Waals surface area contributed by atoms with Gasteiger partial charge in [-0.3, -0.25) is 0 Å². The van der Waals surface area contributed by atoms with Crippen LogP contribution in [0.2, 0.25) is 0 Å². The summed E-state index contributed by atoms with van der Waals surface area (Å²) in [6, 6.07) is 0. The molecule has 0 aromatic rings. The van der Waals surface area contributed by atoms with Crippen LogP contribution >= 0.6 is 0 Å². The van der Waals surface area contributed by atoms with Crippen LogP contribution in [0.25, 0.3) is 0 Å². The zero-order chi connectivity index (χ0) is 0. The van der Waals surface area contributed by atoms with Gasteiger partial charge in [-0.2, -0.15) is 0 Å². The quantitative estimate of drug-likeness (QED) is 0.442. The van der Waals surface area contributed by atoms with Gasteiger partial charge in [-0.15, -0.1) is 0 Å². The number of hydrogen-bond donors (Lipinski definition) is 0. The second kappa shape index (κ2) is 202. The average Bonchev–Trinajstić information content (AvgIpc) is 0. The van der Waals surface area contributed by atoms with Crippen molar-refractivity contribution < 1.29 is 43.0 Å². The maximum atomic E-state index is 0. The standard InChI is InChI=1S/Mo.2H2O.2O/h;2*1H2;;/q;;;2*-2/p-2. The third kappa shape index (κ3) is 104. The Bertz CT molecular complexity index is 3.61. The van der Waals surface area contributed by atoms with Crippen molar-refractivity contribution in [2.75, 3.05) is 0 Å². The first-order valence-corrected chi connectivity index (χ1v) is 0. The van der Waals surface area contributed by atoms with Crippen molar-refractivity contribution in [1.82, 2.24) is 0 Å². The molecule has 0 radical (unpaired) electrons. The van der Waals surface area contributed by atoms with Crippen molar-refractivity contribution in [1.29, 1.82) is 0 Å². The van der Waals surface area contributed by atoms with Crippen molar-refractivity contribution in [2.45, 2.75) is 0 Å². The molecular weight excluding hydrogens is 160 g/mol. The molecule has 0 atom stereocenters. The molecule has 4 nitrogen and oxygen atoms in total. The van der Waals surface area contributed by atoms with Gasteiger partial charge < -0.3 is 21.9 Å². The van der Waals surface area contributed by atoms with Gasteiger partial charge in [0.1, 0.15) is 0 Å². The second-order valence-electron chi connectivity index (χ2n) is 0. The summed E-state index contributed by atoms with van der Waals surface area (Å²) in [7, 11) is 0. The molecule has 0 fully saturated rings. The first-order chi connectivity index (χ1) is 0. The molecule has 0 rings (SSSR count). The van der Waals surface area contributed by atoms with Gasteiger partial charge in [-0.1, -0.05) is 0 Å². The van der Waals surface area contributed by atoms with E-state index >= 15 is 0 Å². The third-order valence-corrected chi connectivity index (χ3v) is 0. The van der Waals surface area contributed by atoms with Crippen LogP contribution in [0.4, 0.5) is 0 Å². The van der Waals surface area contributed by atoms with E-state index in [1.165, 1.54) is 0 Å². The normalized spacial score (nSPS) is 0. The predicted molar refractivity (Wildman–Crippen MR) is 5.24 cm³/mol. The molecule has 0 heterocycles. The van der Waals surface area contributed by atoms with Gasteiger partial charge in [-0.25, -0.2) is 0 Å². The first kappa shape index (κ1) is 406. The van der Waals surface area contributed by atoms with Crippen molar-refractivity contribution >= 4 is 0 Å². The van der Waals surface area contributed by atoms with E-state index in [0.717, 1.165) is 0 Å². The Labute approximate surface area is 43.7 Å². The minimum Gasteiger partial charge on any atom is -2.00 e. The molecule has 0 unspecified atom stereocenters. The van der Waals surface area contributed by atoms with Crippen LogP contribution in [0.5, 0.6) is 0 Å². The minimum atomic E-state index is 0. The maximum Gasteiger partial charge on any atom is 0 e. The summed E-state index contributed by atoms with van der Waals surface area (Å²) in [5, 5.41) is 0. The predicted octanol–water partition coefficient (Wildman–Crippen LogP) is -0.594. The average molecular weight is 162 g/mol. The largest absolute Gasteiger partial charge is 2.00 e. The molecule has 0 aliphatic rings. The van der Waals surface area contributed by atoms with Crippen molar-refractivity contribution in [3.63, 3.8) is 0 Å². The smallest absolute Gasteiger partial charge is 0 e. The molecule has 5 heavy (non-hydrogen) atoms. The Morgan fingerprint density at radius 2 is 0.600 bits per heavy atom. The van der Waals surface area contributed by atoms with Crippen LogP contribution in [-0.4, -0.2) is 11.0 Å². The molecule has 0 saturated heterocycles. The summed E-state index contributed by atoms with van der Waals surface area (Å²) in [4.78, 5) is 0. The Balaban J connectivity index is 0. The minimum absolute atomic E-state index is 0. The molecule has 0 aliphatic heterocycles. The van der Waals surface area contributed by atoms with Gasteiger partial charge in [0.25, 0.3) is 0 Å². The van der Waals surface area contributed by atoms with E-state index in [2.05, 4.69) is 0 Å². The monoisotopic (exact) mass is 164 g/mol. The molecule has 0 aromatic carbocycles. The maximum absolute atomic E-state index is 0. The van der Waals surface area contributed by atoms with Crippen molar-refractivity contribution in [2.24, 2.45) is 0 Å². The molecule has 0 spiro atoms. The summed E-state index contributed by atoms with van der Waals surface area (Å²) in [6.45, 7) is 0. The third-order valence-electron chi connectivity index (χ3n) is 0. The van der Waals surface area contributed by atoms with Gasteiger partial charge in [0.05, 0.1) is 0 Å². The van der Waals surface area contributed by atoms with Gasteiger partial charge in [0.2, 0.25) is 0 Å². The molecule has 0 aromatic heterocycles. The van der Waals surface area contributed by atoms with E-state index in [1.54, 1.807) is 0 Å². The Morgan fingerprint density at radius 3 is 0.600 bits per heavy atom. The van der Waals surface area contributed by atoms with Crippen LogP contribution in [0.15, 0.2) is 0 Å². The van der Waals surface area contributed by atoms with Gasteiger partial charge >= 0.3 is 0 Å². The summed E-state index contributed by atoms with van der Waals surface area (Å²) in [5.41, 5.74) is 0. The molecule has 5 heteroatoms. The fraction of sp³-hybridized carbons (Fsp3) is 0. The van der Waals surface area contributed by atoms with E-state index < -0.39 is 0 Å². The number of hydrogen-bond acceptors (Lipinski definition) is 2. The van der Waals surface area contributed by atoms with Gasteiger partial charge in [0.15, 0.2) is 0 Å². The summed E-state index contributed by atoms with van der Waals surface area (Å²) in [6.07, 6.45) is 0. The Kier molecular flexibility index (Phi) is 16400. The molecule has 0 bridgehead atoms.